The molecular formula is C22H34O4. The van der Waals surface area contributed by atoms with E-state index in [0.29, 0.717) is 23.7 Å². The van der Waals surface area contributed by atoms with Gasteiger partial charge in [0.1, 0.15) is 11.7 Å². The van der Waals surface area contributed by atoms with Crippen LogP contribution in [0.4, 0.5) is 0 Å². The highest BCUT2D eigenvalue weighted by molar-refractivity contribution is 5.66. The van der Waals surface area contributed by atoms with Gasteiger partial charge in [0.15, 0.2) is 0 Å². The summed E-state index contributed by atoms with van der Waals surface area (Å²) in [7, 11) is 0. The molecule has 146 valence electrons. The molecule has 0 aromatic heterocycles. The van der Waals surface area contributed by atoms with Gasteiger partial charge in [0.05, 0.1) is 17.8 Å². The Labute approximate surface area is 157 Å². The zero-order valence-electron chi connectivity index (χ0n) is 16.9. The zero-order chi connectivity index (χ0) is 18.9. The van der Waals surface area contributed by atoms with Gasteiger partial charge < -0.3 is 14.2 Å². The van der Waals surface area contributed by atoms with Crippen molar-refractivity contribution in [3.8, 4) is 0 Å². The summed E-state index contributed by atoms with van der Waals surface area (Å²) in [6, 6.07) is 0. The molecule has 3 aliphatic heterocycles. The van der Waals surface area contributed by atoms with Crippen LogP contribution < -0.4 is 0 Å². The Morgan fingerprint density at radius 2 is 2.00 bits per heavy atom. The van der Waals surface area contributed by atoms with E-state index >= 15 is 0 Å². The number of ether oxygens (including phenoxy) is 3. The first kappa shape index (κ1) is 18.5. The van der Waals surface area contributed by atoms with E-state index < -0.39 is 5.60 Å². The minimum absolute atomic E-state index is 0.113. The summed E-state index contributed by atoms with van der Waals surface area (Å²) < 4.78 is 19.1. The van der Waals surface area contributed by atoms with Crippen LogP contribution >= 0.6 is 0 Å². The van der Waals surface area contributed by atoms with Gasteiger partial charge in [0.2, 0.25) is 0 Å². The quantitative estimate of drug-likeness (QED) is 0.543. The minimum atomic E-state index is -0.478. The Hall–Kier alpha value is -0.870. The van der Waals surface area contributed by atoms with Crippen molar-refractivity contribution in [3.05, 3.63) is 12.2 Å². The number of hydrogen-bond acceptors (Lipinski definition) is 4. The van der Waals surface area contributed by atoms with Gasteiger partial charge in [-0.15, -0.1) is 0 Å². The summed E-state index contributed by atoms with van der Waals surface area (Å²) in [4.78, 5) is 11.6. The largest absolute Gasteiger partial charge is 0.459 e. The Balaban J connectivity index is 1.72. The van der Waals surface area contributed by atoms with Crippen molar-refractivity contribution in [3.63, 3.8) is 0 Å². The maximum absolute atomic E-state index is 11.6. The van der Waals surface area contributed by atoms with Crippen molar-refractivity contribution < 1.29 is 19.0 Å². The molecule has 0 radical (unpaired) electrons. The summed E-state index contributed by atoms with van der Waals surface area (Å²) in [5, 5.41) is 0. The fourth-order valence-electron chi connectivity index (χ4n) is 6.57. The summed E-state index contributed by atoms with van der Waals surface area (Å²) in [6.45, 7) is 15.0. The fraction of sp³-hybridized carbons (Fsp3) is 0.864. The molecule has 1 aliphatic carbocycles. The number of hydrogen-bond donors (Lipinski definition) is 0. The molecule has 4 heteroatoms. The number of rotatable bonds is 2. The minimum Gasteiger partial charge on any atom is -0.459 e. The normalized spacial score (nSPS) is 50.3. The summed E-state index contributed by atoms with van der Waals surface area (Å²) in [5.74, 6) is 2.00. The van der Waals surface area contributed by atoms with Gasteiger partial charge in [-0.25, -0.2) is 0 Å². The first-order valence-corrected chi connectivity index (χ1v) is 10.3. The SMILES string of the molecule is C=C1CC[C@H](C(C)C)[C@@H]2[C@@H]1[C@@H]1C[C@@]3(C)O[C@](C)(CC[C@@H]3OC(C)=O)[C@H]2O1. The topological polar surface area (TPSA) is 44.8 Å². The van der Waals surface area contributed by atoms with Crippen molar-refractivity contribution in [1.29, 1.82) is 0 Å². The van der Waals surface area contributed by atoms with Gasteiger partial charge in [0.25, 0.3) is 0 Å². The third-order valence-electron chi connectivity index (χ3n) is 7.67. The average Bonchev–Trinajstić information content (AvgIpc) is 2.86. The smallest absolute Gasteiger partial charge is 0.303 e. The number of carbonyl (C=O) groups excluding carboxylic acids is 1. The molecule has 4 aliphatic rings. The van der Waals surface area contributed by atoms with Crippen LogP contribution in [0.1, 0.15) is 66.7 Å². The van der Waals surface area contributed by atoms with Gasteiger partial charge in [0, 0.05) is 19.3 Å². The molecule has 8 atom stereocenters. The predicted octanol–water partition coefficient (Wildman–Crippen LogP) is 4.27. The summed E-state index contributed by atoms with van der Waals surface area (Å²) in [5.41, 5.74) is 0.564. The van der Waals surface area contributed by atoms with Crippen molar-refractivity contribution in [1.82, 2.24) is 0 Å². The standard InChI is InChI=1S/C22H34O4/c1-12(2)15-8-7-13(3)18-16-11-22(6)17(24-14(4)23)9-10-21(5,26-22)20(25-16)19(15)18/h12,15-20H,3,7-11H2,1-2,4-6H3/t15-,16+,17+,18+,19-,20+,21-,22-/m1/s1. The van der Waals surface area contributed by atoms with Crippen LogP contribution in [-0.2, 0) is 19.0 Å². The molecule has 3 heterocycles. The lowest BCUT2D eigenvalue weighted by molar-refractivity contribution is -0.251. The van der Waals surface area contributed by atoms with Crippen molar-refractivity contribution in [2.75, 3.05) is 0 Å². The molecule has 0 unspecified atom stereocenters. The molecule has 4 bridgehead atoms. The van der Waals surface area contributed by atoms with Gasteiger partial charge in [-0.05, 0) is 57.3 Å². The van der Waals surface area contributed by atoms with E-state index in [9.17, 15) is 4.79 Å². The van der Waals surface area contributed by atoms with Crippen LogP contribution in [0.5, 0.6) is 0 Å². The second-order valence-corrected chi connectivity index (χ2v) is 9.87. The highest BCUT2D eigenvalue weighted by Crippen LogP contribution is 2.59. The predicted molar refractivity (Wildman–Crippen MR) is 99.6 cm³/mol. The summed E-state index contributed by atoms with van der Waals surface area (Å²) >= 11 is 0. The number of fused-ring (bicyclic) bond motifs is 8. The first-order chi connectivity index (χ1) is 12.1. The molecule has 4 nitrogen and oxygen atoms in total. The fourth-order valence-corrected chi connectivity index (χ4v) is 6.57. The molecule has 1 saturated carbocycles. The van der Waals surface area contributed by atoms with Crippen LogP contribution in [0.2, 0.25) is 0 Å². The third-order valence-corrected chi connectivity index (χ3v) is 7.67. The van der Waals surface area contributed by atoms with Gasteiger partial charge >= 0.3 is 5.97 Å². The maximum atomic E-state index is 11.6. The molecule has 4 fully saturated rings. The van der Waals surface area contributed by atoms with Crippen molar-refractivity contribution >= 4 is 5.97 Å². The average molecular weight is 363 g/mol. The van der Waals surface area contributed by atoms with Crippen LogP contribution in [0.25, 0.3) is 0 Å². The Kier molecular flexibility index (Phi) is 4.31. The lowest BCUT2D eigenvalue weighted by Crippen LogP contribution is -2.61. The highest BCUT2D eigenvalue weighted by atomic mass is 16.6. The molecule has 0 spiro atoms. The van der Waals surface area contributed by atoms with Crippen LogP contribution in [0, 0.1) is 23.7 Å². The van der Waals surface area contributed by atoms with Crippen molar-refractivity contribution in [2.45, 2.75) is 96.2 Å². The van der Waals surface area contributed by atoms with E-state index in [1.165, 1.54) is 18.9 Å². The number of carbonyl (C=O) groups is 1. The molecule has 0 aromatic carbocycles. The molecule has 0 N–H and O–H groups in total. The van der Waals surface area contributed by atoms with Gasteiger partial charge in [-0.1, -0.05) is 26.0 Å². The molecule has 26 heavy (non-hydrogen) atoms. The molecular weight excluding hydrogens is 328 g/mol. The Morgan fingerprint density at radius 3 is 2.65 bits per heavy atom. The van der Waals surface area contributed by atoms with Crippen LogP contribution in [-0.4, -0.2) is 35.5 Å². The first-order valence-electron chi connectivity index (χ1n) is 10.3. The third kappa shape index (κ3) is 2.67. The van der Waals surface area contributed by atoms with Crippen molar-refractivity contribution in [2.24, 2.45) is 23.7 Å². The highest BCUT2D eigenvalue weighted by Gasteiger charge is 2.65. The van der Waals surface area contributed by atoms with E-state index in [1.807, 2.05) is 0 Å². The van der Waals surface area contributed by atoms with Gasteiger partial charge in [-0.3, -0.25) is 4.79 Å². The summed E-state index contributed by atoms with van der Waals surface area (Å²) in [6.07, 6.45) is 4.88. The van der Waals surface area contributed by atoms with E-state index in [2.05, 4.69) is 34.3 Å². The van der Waals surface area contributed by atoms with Crippen LogP contribution in [0.15, 0.2) is 12.2 Å². The van der Waals surface area contributed by atoms with E-state index in [4.69, 9.17) is 14.2 Å². The van der Waals surface area contributed by atoms with E-state index in [1.54, 1.807) is 0 Å². The second kappa shape index (κ2) is 6.07. The van der Waals surface area contributed by atoms with Gasteiger partial charge in [-0.2, -0.15) is 0 Å². The second-order valence-electron chi connectivity index (χ2n) is 9.87. The number of esters is 1. The lowest BCUT2D eigenvalue weighted by Gasteiger charge is -2.53. The van der Waals surface area contributed by atoms with E-state index in [0.717, 1.165) is 25.7 Å². The Bertz CT molecular complexity index is 613. The molecule has 0 aromatic rings. The molecule has 4 rings (SSSR count). The molecule has 0 amide bonds. The molecule has 3 saturated heterocycles. The lowest BCUT2D eigenvalue weighted by atomic mass is 9.59. The Morgan fingerprint density at radius 1 is 1.27 bits per heavy atom. The monoisotopic (exact) mass is 362 g/mol. The van der Waals surface area contributed by atoms with E-state index in [-0.39, 0.29) is 29.9 Å². The maximum Gasteiger partial charge on any atom is 0.303 e. The van der Waals surface area contributed by atoms with Crippen LogP contribution in [0.3, 0.4) is 0 Å². The zero-order valence-corrected chi connectivity index (χ0v) is 16.9.